The summed E-state index contributed by atoms with van der Waals surface area (Å²) in [4.78, 5) is 0. The number of nitrogens with one attached hydrogen (secondary N) is 2. The first-order valence-corrected chi connectivity index (χ1v) is 9.19. The second-order valence-corrected chi connectivity index (χ2v) is 7.99. The maximum absolute atomic E-state index is 12.2. The van der Waals surface area contributed by atoms with E-state index in [4.69, 9.17) is 0 Å². The van der Waals surface area contributed by atoms with Crippen LogP contribution in [0, 0.1) is 6.92 Å². The van der Waals surface area contributed by atoms with Crippen molar-refractivity contribution in [3.8, 4) is 0 Å². The Bertz CT molecular complexity index is 561. The van der Waals surface area contributed by atoms with Gasteiger partial charge in [-0.15, -0.1) is 0 Å². The number of nitrogens with zero attached hydrogens (tertiary/aromatic N) is 1. The van der Waals surface area contributed by atoms with Gasteiger partial charge in [-0.05, 0) is 37.6 Å². The molecule has 0 amide bonds. The molecule has 21 heavy (non-hydrogen) atoms. The molecule has 1 aromatic rings. The number of anilines is 1. The first-order valence-electron chi connectivity index (χ1n) is 6.96. The van der Waals surface area contributed by atoms with Crippen molar-refractivity contribution in [3.05, 3.63) is 28.2 Å². The Morgan fingerprint density at radius 3 is 2.57 bits per heavy atom. The van der Waals surface area contributed by atoms with Crippen LogP contribution in [0.3, 0.4) is 0 Å². The second-order valence-electron chi connectivity index (χ2n) is 5.35. The van der Waals surface area contributed by atoms with E-state index in [0.717, 1.165) is 23.0 Å². The van der Waals surface area contributed by atoms with Crippen molar-refractivity contribution < 1.29 is 8.42 Å². The second kappa shape index (κ2) is 8.12. The number of benzene rings is 1. The van der Waals surface area contributed by atoms with Crippen LogP contribution < -0.4 is 10.0 Å². The summed E-state index contributed by atoms with van der Waals surface area (Å²) in [6.45, 7) is 7.36. The van der Waals surface area contributed by atoms with Gasteiger partial charge in [0.15, 0.2) is 0 Å². The summed E-state index contributed by atoms with van der Waals surface area (Å²) in [5.74, 6) is 0. The van der Waals surface area contributed by atoms with Gasteiger partial charge in [0.25, 0.3) is 0 Å². The molecule has 120 valence electrons. The summed E-state index contributed by atoms with van der Waals surface area (Å²) in [7, 11) is -1.92. The number of hydrogen-bond acceptors (Lipinski definition) is 3. The molecule has 0 saturated heterocycles. The maximum atomic E-state index is 12.2. The van der Waals surface area contributed by atoms with Crippen LogP contribution in [-0.2, 0) is 10.2 Å². The Hall–Kier alpha value is -0.630. The molecule has 0 radical (unpaired) electrons. The summed E-state index contributed by atoms with van der Waals surface area (Å²) in [5.41, 5.74) is 1.62. The lowest BCUT2D eigenvalue weighted by Crippen LogP contribution is -2.35. The molecule has 0 unspecified atom stereocenters. The third kappa shape index (κ3) is 6.34. The molecule has 0 saturated carbocycles. The first kappa shape index (κ1) is 18.4. The van der Waals surface area contributed by atoms with Gasteiger partial charge in [-0.25, -0.2) is 0 Å². The van der Waals surface area contributed by atoms with E-state index in [9.17, 15) is 8.42 Å². The molecule has 0 aliphatic heterocycles. The van der Waals surface area contributed by atoms with Crippen molar-refractivity contribution in [2.24, 2.45) is 0 Å². The van der Waals surface area contributed by atoms with E-state index in [2.05, 4.69) is 39.8 Å². The van der Waals surface area contributed by atoms with Crippen LogP contribution in [0.1, 0.15) is 25.8 Å². The Balaban J connectivity index is 2.57. The van der Waals surface area contributed by atoms with Crippen molar-refractivity contribution >= 4 is 31.8 Å². The highest BCUT2D eigenvalue weighted by Crippen LogP contribution is 2.21. The van der Waals surface area contributed by atoms with Crippen molar-refractivity contribution in [3.63, 3.8) is 0 Å². The van der Waals surface area contributed by atoms with Crippen molar-refractivity contribution in [1.29, 1.82) is 0 Å². The SMILES string of the molecule is Cc1ccc(NS(=O)(=O)N(C)CCCNC(C)C)cc1Br. The fourth-order valence-electron chi connectivity index (χ4n) is 1.70. The standard InChI is InChI=1S/C14H24BrN3O2S/c1-11(2)16-8-5-9-18(4)21(19,20)17-13-7-6-12(3)14(15)10-13/h6-7,10-11,16-17H,5,8-9H2,1-4H3. The smallest absolute Gasteiger partial charge is 0.301 e. The molecule has 0 heterocycles. The summed E-state index contributed by atoms with van der Waals surface area (Å²) in [5, 5.41) is 3.27. The third-order valence-electron chi connectivity index (χ3n) is 3.03. The van der Waals surface area contributed by atoms with Crippen LogP contribution in [0.25, 0.3) is 0 Å². The van der Waals surface area contributed by atoms with E-state index in [1.165, 1.54) is 4.31 Å². The zero-order valence-corrected chi connectivity index (χ0v) is 15.4. The Morgan fingerprint density at radius 2 is 2.00 bits per heavy atom. The molecular formula is C14H24BrN3O2S. The minimum atomic E-state index is -3.51. The third-order valence-corrected chi connectivity index (χ3v) is 5.38. The minimum absolute atomic E-state index is 0.412. The maximum Gasteiger partial charge on any atom is 0.301 e. The number of aryl methyl sites for hydroxylation is 1. The summed E-state index contributed by atoms with van der Waals surface area (Å²) in [6, 6.07) is 5.80. The highest BCUT2D eigenvalue weighted by Gasteiger charge is 2.17. The fourth-order valence-corrected chi connectivity index (χ4v) is 3.02. The average Bonchev–Trinajstić information content (AvgIpc) is 2.38. The minimum Gasteiger partial charge on any atom is -0.314 e. The number of hydrogen-bond donors (Lipinski definition) is 2. The van der Waals surface area contributed by atoms with Crippen LogP contribution in [0.4, 0.5) is 5.69 Å². The van der Waals surface area contributed by atoms with Gasteiger partial charge in [-0.1, -0.05) is 35.8 Å². The lowest BCUT2D eigenvalue weighted by molar-refractivity contribution is 0.451. The average molecular weight is 378 g/mol. The lowest BCUT2D eigenvalue weighted by atomic mass is 10.2. The van der Waals surface area contributed by atoms with Gasteiger partial charge >= 0.3 is 10.2 Å². The zero-order chi connectivity index (χ0) is 16.0. The van der Waals surface area contributed by atoms with Gasteiger partial charge in [-0.2, -0.15) is 12.7 Å². The largest absolute Gasteiger partial charge is 0.314 e. The molecule has 0 aromatic heterocycles. The summed E-state index contributed by atoms with van der Waals surface area (Å²) in [6.07, 6.45) is 0.771. The van der Waals surface area contributed by atoms with E-state index >= 15 is 0 Å². The Labute approximate surface area is 136 Å². The van der Waals surface area contributed by atoms with Gasteiger partial charge in [0.1, 0.15) is 0 Å². The van der Waals surface area contributed by atoms with Crippen molar-refractivity contribution in [1.82, 2.24) is 9.62 Å². The quantitative estimate of drug-likeness (QED) is 0.684. The van der Waals surface area contributed by atoms with Crippen molar-refractivity contribution in [2.75, 3.05) is 24.9 Å². The molecule has 1 rings (SSSR count). The molecule has 0 aliphatic carbocycles. The van der Waals surface area contributed by atoms with Gasteiger partial charge in [-0.3, -0.25) is 4.72 Å². The van der Waals surface area contributed by atoms with Gasteiger partial charge in [0.05, 0.1) is 5.69 Å². The predicted octanol–water partition coefficient (Wildman–Crippen LogP) is 2.73. The molecule has 0 atom stereocenters. The van der Waals surface area contributed by atoms with Gasteiger partial charge < -0.3 is 5.32 Å². The zero-order valence-electron chi connectivity index (χ0n) is 13.0. The molecular weight excluding hydrogens is 354 g/mol. The van der Waals surface area contributed by atoms with Gasteiger partial charge in [0.2, 0.25) is 0 Å². The van der Waals surface area contributed by atoms with Crippen LogP contribution in [0.5, 0.6) is 0 Å². The highest BCUT2D eigenvalue weighted by molar-refractivity contribution is 9.10. The normalized spacial score (nSPS) is 12.1. The van der Waals surface area contributed by atoms with E-state index in [1.807, 2.05) is 13.0 Å². The molecule has 1 aromatic carbocycles. The fraction of sp³-hybridized carbons (Fsp3) is 0.571. The summed E-state index contributed by atoms with van der Waals surface area (Å²) < 4.78 is 29.2. The monoisotopic (exact) mass is 377 g/mol. The molecule has 0 spiro atoms. The molecule has 0 bridgehead atoms. The van der Waals surface area contributed by atoms with E-state index in [-0.39, 0.29) is 0 Å². The lowest BCUT2D eigenvalue weighted by Gasteiger charge is -2.19. The van der Waals surface area contributed by atoms with E-state index < -0.39 is 10.2 Å². The summed E-state index contributed by atoms with van der Waals surface area (Å²) >= 11 is 3.40. The van der Waals surface area contributed by atoms with Gasteiger partial charge in [0, 0.05) is 24.1 Å². The van der Waals surface area contributed by atoms with Crippen LogP contribution in [0.15, 0.2) is 22.7 Å². The van der Waals surface area contributed by atoms with Crippen molar-refractivity contribution in [2.45, 2.75) is 33.2 Å². The van der Waals surface area contributed by atoms with E-state index in [1.54, 1.807) is 19.2 Å². The number of rotatable bonds is 8. The first-order chi connectivity index (χ1) is 9.72. The molecule has 0 aliphatic rings. The van der Waals surface area contributed by atoms with E-state index in [0.29, 0.717) is 18.3 Å². The number of halogens is 1. The predicted molar refractivity (Wildman–Crippen MR) is 91.8 cm³/mol. The molecule has 0 fully saturated rings. The molecule has 7 heteroatoms. The Morgan fingerprint density at radius 1 is 1.33 bits per heavy atom. The molecule has 2 N–H and O–H groups in total. The topological polar surface area (TPSA) is 61.4 Å². The van der Waals surface area contributed by atoms with Crippen LogP contribution in [0.2, 0.25) is 0 Å². The Kier molecular flexibility index (Phi) is 7.12. The van der Waals surface area contributed by atoms with Crippen LogP contribution >= 0.6 is 15.9 Å². The van der Waals surface area contributed by atoms with Crippen LogP contribution in [-0.4, -0.2) is 38.9 Å². The highest BCUT2D eigenvalue weighted by atomic mass is 79.9. The molecule has 5 nitrogen and oxygen atoms in total.